The molecule has 0 atom stereocenters. The number of carboxylic acid groups (broad SMARTS) is 1. The molecule has 0 bridgehead atoms. The zero-order valence-corrected chi connectivity index (χ0v) is 19.1. The molecular weight excluding hydrogens is 460 g/mol. The monoisotopic (exact) mass is 480 g/mol. The van der Waals surface area contributed by atoms with Gasteiger partial charge in [-0.2, -0.15) is 0 Å². The van der Waals surface area contributed by atoms with E-state index in [1.165, 1.54) is 6.07 Å². The molecule has 9 heteroatoms. The molecule has 0 spiro atoms. The Bertz CT molecular complexity index is 1560. The number of carbonyl (C=O) groups excluding carboxylic acids is 1. The molecule has 0 amide bonds. The number of carbonyl (C=O) groups is 2. The third-order valence-corrected chi connectivity index (χ3v) is 5.31. The van der Waals surface area contributed by atoms with Crippen molar-refractivity contribution in [3.8, 4) is 16.8 Å². The van der Waals surface area contributed by atoms with Crippen molar-refractivity contribution in [2.24, 2.45) is 4.99 Å². The first-order chi connectivity index (χ1) is 17.4. The average Bonchev–Trinajstić information content (AvgIpc) is 3.24. The highest BCUT2D eigenvalue weighted by molar-refractivity contribution is 6.00. The second-order valence-corrected chi connectivity index (χ2v) is 7.55. The van der Waals surface area contributed by atoms with Gasteiger partial charge in [0.25, 0.3) is 5.56 Å². The number of H-pyrrole nitrogens is 1. The van der Waals surface area contributed by atoms with Crippen molar-refractivity contribution in [2.75, 3.05) is 6.61 Å². The van der Waals surface area contributed by atoms with E-state index >= 15 is 0 Å². The standard InChI is InChI=1S/C27H20N4O5/c1-3-36-27(35)24-22(25(32)31(30-24)20-12-10-19(28-2)11-13-20)16-29-23-14-9-18(15-21(23)26(33)34)17-7-5-4-6-8-17/h4-16,30H,3H2,1H3,(H,33,34). The number of aromatic carboxylic acids is 1. The Morgan fingerprint density at radius 1 is 1.08 bits per heavy atom. The van der Waals surface area contributed by atoms with Gasteiger partial charge in [-0.05, 0) is 42.3 Å². The quantitative estimate of drug-likeness (QED) is 0.219. The van der Waals surface area contributed by atoms with Crippen LogP contribution in [0.4, 0.5) is 11.4 Å². The molecule has 1 aromatic heterocycles. The van der Waals surface area contributed by atoms with E-state index < -0.39 is 17.5 Å². The number of aromatic amines is 1. The van der Waals surface area contributed by atoms with E-state index in [1.807, 2.05) is 30.3 Å². The minimum Gasteiger partial charge on any atom is -0.478 e. The number of nitrogens with zero attached hydrogens (tertiary/aromatic N) is 3. The lowest BCUT2D eigenvalue weighted by Crippen LogP contribution is -2.17. The first kappa shape index (κ1) is 23.9. The van der Waals surface area contributed by atoms with Gasteiger partial charge < -0.3 is 9.84 Å². The highest BCUT2D eigenvalue weighted by atomic mass is 16.5. The van der Waals surface area contributed by atoms with Crippen LogP contribution in [0.5, 0.6) is 0 Å². The smallest absolute Gasteiger partial charge is 0.357 e. The van der Waals surface area contributed by atoms with Gasteiger partial charge in [0, 0.05) is 6.21 Å². The van der Waals surface area contributed by atoms with Gasteiger partial charge in [0.05, 0.1) is 35.7 Å². The molecule has 36 heavy (non-hydrogen) atoms. The summed E-state index contributed by atoms with van der Waals surface area (Å²) in [6.45, 7) is 8.80. The maximum atomic E-state index is 13.2. The first-order valence-electron chi connectivity index (χ1n) is 10.9. The number of nitrogens with one attached hydrogen (secondary N) is 1. The van der Waals surface area contributed by atoms with E-state index in [0.717, 1.165) is 16.5 Å². The minimum atomic E-state index is -1.18. The van der Waals surface area contributed by atoms with Crippen LogP contribution in [0.1, 0.15) is 33.3 Å². The van der Waals surface area contributed by atoms with Crippen molar-refractivity contribution in [3.05, 3.63) is 111 Å². The fourth-order valence-corrected chi connectivity index (χ4v) is 3.55. The van der Waals surface area contributed by atoms with E-state index in [-0.39, 0.29) is 29.1 Å². The van der Waals surface area contributed by atoms with E-state index in [9.17, 15) is 19.5 Å². The number of aromatic nitrogens is 2. The number of hydrogen-bond donors (Lipinski definition) is 2. The van der Waals surface area contributed by atoms with Crippen LogP contribution in [-0.2, 0) is 4.74 Å². The largest absolute Gasteiger partial charge is 0.478 e. The lowest BCUT2D eigenvalue weighted by atomic mass is 10.0. The van der Waals surface area contributed by atoms with Gasteiger partial charge in [-0.3, -0.25) is 14.9 Å². The predicted octanol–water partition coefficient (Wildman–Crippen LogP) is 5.01. The van der Waals surface area contributed by atoms with Gasteiger partial charge in [0.1, 0.15) is 0 Å². The maximum absolute atomic E-state index is 13.2. The molecule has 178 valence electrons. The number of hydrogen-bond acceptors (Lipinski definition) is 5. The molecule has 2 N–H and O–H groups in total. The molecule has 0 aliphatic carbocycles. The zero-order chi connectivity index (χ0) is 25.7. The zero-order valence-electron chi connectivity index (χ0n) is 19.1. The minimum absolute atomic E-state index is 0.0594. The lowest BCUT2D eigenvalue weighted by molar-refractivity contribution is 0.0518. The molecule has 0 fully saturated rings. The number of rotatable bonds is 7. The predicted molar refractivity (Wildman–Crippen MR) is 135 cm³/mol. The SMILES string of the molecule is [C-]#[N+]c1ccc(-n2[nH]c(C(=O)OCC)c(C=Nc3ccc(-c4ccccc4)cc3C(=O)O)c2=O)cc1. The van der Waals surface area contributed by atoms with E-state index in [2.05, 4.69) is 14.9 Å². The summed E-state index contributed by atoms with van der Waals surface area (Å²) in [5, 5.41) is 12.5. The fraction of sp³-hybridized carbons (Fsp3) is 0.0741. The lowest BCUT2D eigenvalue weighted by Gasteiger charge is -2.06. The van der Waals surface area contributed by atoms with Crippen LogP contribution in [0.3, 0.4) is 0 Å². The van der Waals surface area contributed by atoms with Gasteiger partial charge in [-0.15, -0.1) is 0 Å². The number of esters is 1. The molecule has 0 aliphatic rings. The second kappa shape index (κ2) is 10.4. The molecule has 9 nitrogen and oxygen atoms in total. The molecule has 0 saturated heterocycles. The topological polar surface area (TPSA) is 118 Å². The van der Waals surface area contributed by atoms with Crippen molar-refractivity contribution >= 4 is 29.5 Å². The highest BCUT2D eigenvalue weighted by Gasteiger charge is 2.21. The molecule has 0 radical (unpaired) electrons. The normalized spacial score (nSPS) is 10.8. The summed E-state index contributed by atoms with van der Waals surface area (Å²) in [7, 11) is 0. The van der Waals surface area contributed by atoms with Crippen LogP contribution in [0.2, 0.25) is 0 Å². The van der Waals surface area contributed by atoms with Gasteiger partial charge in [-0.25, -0.2) is 19.1 Å². The molecule has 0 saturated carbocycles. The van der Waals surface area contributed by atoms with Crippen LogP contribution < -0.4 is 5.56 Å². The maximum Gasteiger partial charge on any atom is 0.357 e. The van der Waals surface area contributed by atoms with Crippen molar-refractivity contribution in [3.63, 3.8) is 0 Å². The Morgan fingerprint density at radius 3 is 2.44 bits per heavy atom. The Labute approximate surface area is 205 Å². The van der Waals surface area contributed by atoms with Gasteiger partial charge in [-0.1, -0.05) is 48.5 Å². The van der Waals surface area contributed by atoms with Gasteiger partial charge >= 0.3 is 11.9 Å². The van der Waals surface area contributed by atoms with Crippen molar-refractivity contribution in [1.82, 2.24) is 9.78 Å². The van der Waals surface area contributed by atoms with Crippen LogP contribution >= 0.6 is 0 Å². The first-order valence-corrected chi connectivity index (χ1v) is 10.9. The van der Waals surface area contributed by atoms with Gasteiger partial charge in [0.2, 0.25) is 0 Å². The van der Waals surface area contributed by atoms with Crippen molar-refractivity contribution in [1.29, 1.82) is 0 Å². The average molecular weight is 480 g/mol. The number of ether oxygens (including phenoxy) is 1. The molecule has 1 heterocycles. The van der Waals surface area contributed by atoms with E-state index in [1.54, 1.807) is 43.3 Å². The van der Waals surface area contributed by atoms with E-state index in [4.69, 9.17) is 11.3 Å². The number of benzene rings is 3. The number of carboxylic acids is 1. The Kier molecular flexibility index (Phi) is 6.88. The number of aliphatic imine (C=N–C) groups is 1. The molecule has 3 aromatic carbocycles. The highest BCUT2D eigenvalue weighted by Crippen LogP contribution is 2.27. The summed E-state index contributed by atoms with van der Waals surface area (Å²) in [5.41, 5.74) is 1.59. The molecule has 0 aliphatic heterocycles. The fourth-order valence-electron chi connectivity index (χ4n) is 3.55. The van der Waals surface area contributed by atoms with Gasteiger partial charge in [0.15, 0.2) is 11.4 Å². The summed E-state index contributed by atoms with van der Waals surface area (Å²) < 4.78 is 6.21. The van der Waals surface area contributed by atoms with Crippen LogP contribution in [0.25, 0.3) is 21.7 Å². The molecular formula is C27H20N4O5. The Morgan fingerprint density at radius 2 is 1.81 bits per heavy atom. The summed E-state index contributed by atoms with van der Waals surface area (Å²) in [4.78, 5) is 45.2. The Hall–Kier alpha value is -5.23. The van der Waals surface area contributed by atoms with Crippen LogP contribution in [-0.4, -0.2) is 39.6 Å². The molecule has 0 unspecified atom stereocenters. The van der Waals surface area contributed by atoms with Crippen LogP contribution in [0, 0.1) is 6.57 Å². The summed E-state index contributed by atoms with van der Waals surface area (Å²) >= 11 is 0. The third kappa shape index (κ3) is 4.83. The van der Waals surface area contributed by atoms with E-state index in [0.29, 0.717) is 16.9 Å². The van der Waals surface area contributed by atoms with Crippen LogP contribution in [0.15, 0.2) is 82.6 Å². The summed E-state index contributed by atoms with van der Waals surface area (Å²) in [6, 6.07) is 20.3. The summed E-state index contributed by atoms with van der Waals surface area (Å²) in [6.07, 6.45) is 1.15. The third-order valence-electron chi connectivity index (χ3n) is 5.31. The van der Waals surface area contributed by atoms with Crippen molar-refractivity contribution in [2.45, 2.75) is 6.92 Å². The summed E-state index contributed by atoms with van der Waals surface area (Å²) in [5.74, 6) is -1.94. The molecule has 4 aromatic rings. The van der Waals surface area contributed by atoms with Crippen molar-refractivity contribution < 1.29 is 19.4 Å². The second-order valence-electron chi connectivity index (χ2n) is 7.55. The Balaban J connectivity index is 1.79. The molecule has 4 rings (SSSR count).